The molecule has 5 nitrogen and oxygen atoms in total. The van der Waals surface area contributed by atoms with Crippen LogP contribution in [0.3, 0.4) is 0 Å². The van der Waals surface area contributed by atoms with Gasteiger partial charge in [-0.25, -0.2) is 0 Å². The molecule has 0 aromatic carbocycles. The highest BCUT2D eigenvalue weighted by atomic mass is 16.5. The largest absolute Gasteiger partial charge is 0.381 e. The van der Waals surface area contributed by atoms with Crippen LogP contribution in [0.4, 0.5) is 0 Å². The van der Waals surface area contributed by atoms with Gasteiger partial charge in [0.2, 0.25) is 5.89 Å². The Kier molecular flexibility index (Phi) is 4.58. The summed E-state index contributed by atoms with van der Waals surface area (Å²) in [5, 5.41) is 7.44. The molecule has 0 aliphatic carbocycles. The van der Waals surface area contributed by atoms with Crippen molar-refractivity contribution in [3.63, 3.8) is 0 Å². The molecule has 1 saturated heterocycles. The molecule has 108 valence electrons. The smallest absolute Gasteiger partial charge is 0.228 e. The predicted octanol–water partition coefficient (Wildman–Crippen LogP) is 2.14. The maximum Gasteiger partial charge on any atom is 0.228 e. The van der Waals surface area contributed by atoms with Gasteiger partial charge in [-0.2, -0.15) is 4.98 Å². The second-order valence-corrected chi connectivity index (χ2v) is 6.37. The third-order valence-corrected chi connectivity index (χ3v) is 3.78. The number of aromatic nitrogens is 2. The lowest BCUT2D eigenvalue weighted by atomic mass is 9.85. The molecule has 1 fully saturated rings. The fourth-order valence-electron chi connectivity index (χ4n) is 2.48. The third-order valence-electron chi connectivity index (χ3n) is 3.78. The van der Waals surface area contributed by atoms with E-state index < -0.39 is 0 Å². The van der Waals surface area contributed by atoms with E-state index in [4.69, 9.17) is 9.26 Å². The zero-order valence-electron chi connectivity index (χ0n) is 12.4. The van der Waals surface area contributed by atoms with Crippen LogP contribution in [0.1, 0.15) is 51.2 Å². The molecule has 1 aliphatic heterocycles. The first-order valence-electron chi connectivity index (χ1n) is 7.08. The Labute approximate surface area is 115 Å². The third kappa shape index (κ3) is 3.76. The Balaban J connectivity index is 2.00. The van der Waals surface area contributed by atoms with Crippen molar-refractivity contribution in [1.29, 1.82) is 0 Å². The van der Waals surface area contributed by atoms with Crippen molar-refractivity contribution in [3.8, 4) is 0 Å². The quantitative estimate of drug-likeness (QED) is 0.905. The maximum absolute atomic E-state index is 5.47. The van der Waals surface area contributed by atoms with Crippen LogP contribution >= 0.6 is 0 Å². The summed E-state index contributed by atoms with van der Waals surface area (Å²) in [5.74, 6) is 1.82. The van der Waals surface area contributed by atoms with E-state index in [1.165, 1.54) is 0 Å². The standard InChI is InChI=1S/C14H25N3O2/c1-14(2,3)11(15-4)8-12-16-13(17-19-12)10-6-5-7-18-9-10/h10-11,15H,5-9H2,1-4H3. The van der Waals surface area contributed by atoms with Crippen LogP contribution in [0.5, 0.6) is 0 Å². The van der Waals surface area contributed by atoms with Crippen molar-refractivity contribution < 1.29 is 9.26 Å². The molecule has 2 heterocycles. The Morgan fingerprint density at radius 2 is 2.21 bits per heavy atom. The van der Waals surface area contributed by atoms with Crippen molar-refractivity contribution in [2.45, 2.75) is 52.0 Å². The van der Waals surface area contributed by atoms with E-state index in [0.717, 1.165) is 37.6 Å². The van der Waals surface area contributed by atoms with Crippen LogP contribution in [0.15, 0.2) is 4.52 Å². The van der Waals surface area contributed by atoms with E-state index in [9.17, 15) is 0 Å². The van der Waals surface area contributed by atoms with Crippen molar-refractivity contribution in [2.24, 2.45) is 5.41 Å². The molecule has 0 radical (unpaired) electrons. The van der Waals surface area contributed by atoms with Gasteiger partial charge in [-0.3, -0.25) is 0 Å². The maximum atomic E-state index is 5.47. The van der Waals surface area contributed by atoms with Crippen LogP contribution in [0, 0.1) is 5.41 Å². The summed E-state index contributed by atoms with van der Waals surface area (Å²) in [6.07, 6.45) is 2.93. The van der Waals surface area contributed by atoms with Crippen molar-refractivity contribution in [2.75, 3.05) is 20.3 Å². The summed E-state index contributed by atoms with van der Waals surface area (Å²) in [6.45, 7) is 8.20. The number of nitrogens with zero attached hydrogens (tertiary/aromatic N) is 2. The highest BCUT2D eigenvalue weighted by Crippen LogP contribution is 2.25. The van der Waals surface area contributed by atoms with Gasteiger partial charge < -0.3 is 14.6 Å². The summed E-state index contributed by atoms with van der Waals surface area (Å²) < 4.78 is 10.9. The number of ether oxygens (including phenoxy) is 1. The molecule has 1 N–H and O–H groups in total. The molecule has 5 heteroatoms. The Morgan fingerprint density at radius 3 is 2.79 bits per heavy atom. The molecule has 1 aliphatic rings. The molecule has 0 bridgehead atoms. The van der Waals surface area contributed by atoms with Crippen LogP contribution < -0.4 is 5.32 Å². The van der Waals surface area contributed by atoms with E-state index in [0.29, 0.717) is 18.6 Å². The Bertz CT molecular complexity index is 392. The first-order valence-corrected chi connectivity index (χ1v) is 7.08. The second kappa shape index (κ2) is 6.01. The van der Waals surface area contributed by atoms with Crippen LogP contribution in [0.25, 0.3) is 0 Å². The second-order valence-electron chi connectivity index (χ2n) is 6.37. The topological polar surface area (TPSA) is 60.2 Å². The minimum absolute atomic E-state index is 0.164. The number of nitrogens with one attached hydrogen (secondary N) is 1. The van der Waals surface area contributed by atoms with Gasteiger partial charge in [0.1, 0.15) is 0 Å². The van der Waals surface area contributed by atoms with Crippen LogP contribution in [-0.4, -0.2) is 36.4 Å². The van der Waals surface area contributed by atoms with Gasteiger partial charge in [-0.15, -0.1) is 0 Å². The summed E-state index contributed by atoms with van der Waals surface area (Å²) >= 11 is 0. The molecular formula is C14H25N3O2. The van der Waals surface area contributed by atoms with E-state index >= 15 is 0 Å². The fourth-order valence-corrected chi connectivity index (χ4v) is 2.48. The molecule has 0 amide bonds. The van der Waals surface area contributed by atoms with Gasteiger partial charge in [0.15, 0.2) is 5.82 Å². The van der Waals surface area contributed by atoms with Crippen molar-refractivity contribution in [3.05, 3.63) is 11.7 Å². The highest BCUT2D eigenvalue weighted by Gasteiger charge is 2.27. The molecule has 1 aromatic heterocycles. The molecule has 19 heavy (non-hydrogen) atoms. The minimum Gasteiger partial charge on any atom is -0.381 e. The summed E-state index contributed by atoms with van der Waals surface area (Å²) in [7, 11) is 1.97. The van der Waals surface area contributed by atoms with E-state index in [1.54, 1.807) is 0 Å². The summed E-state index contributed by atoms with van der Waals surface area (Å²) in [6, 6.07) is 0.323. The first-order chi connectivity index (χ1) is 9.00. The van der Waals surface area contributed by atoms with E-state index in [2.05, 4.69) is 36.2 Å². The zero-order chi connectivity index (χ0) is 13.9. The van der Waals surface area contributed by atoms with Gasteiger partial charge >= 0.3 is 0 Å². The first kappa shape index (κ1) is 14.5. The summed E-state index contributed by atoms with van der Waals surface area (Å²) in [4.78, 5) is 4.54. The van der Waals surface area contributed by atoms with Gasteiger partial charge in [0.05, 0.1) is 6.61 Å². The Hall–Kier alpha value is -0.940. The SMILES string of the molecule is CNC(Cc1nc(C2CCCOC2)no1)C(C)(C)C. The molecule has 1 aromatic rings. The molecular weight excluding hydrogens is 242 g/mol. The lowest BCUT2D eigenvalue weighted by molar-refractivity contribution is 0.0773. The molecule has 0 saturated carbocycles. The molecule has 2 atom stereocenters. The monoisotopic (exact) mass is 267 g/mol. The van der Waals surface area contributed by atoms with Crippen molar-refractivity contribution >= 4 is 0 Å². The number of hydrogen-bond acceptors (Lipinski definition) is 5. The highest BCUT2D eigenvalue weighted by molar-refractivity contribution is 4.99. The number of hydrogen-bond donors (Lipinski definition) is 1. The lowest BCUT2D eigenvalue weighted by Gasteiger charge is -2.29. The van der Waals surface area contributed by atoms with Crippen LogP contribution in [-0.2, 0) is 11.2 Å². The normalized spacial score (nSPS) is 22.4. The van der Waals surface area contributed by atoms with Gasteiger partial charge in [0, 0.05) is 25.0 Å². The predicted molar refractivity (Wildman–Crippen MR) is 73.1 cm³/mol. The van der Waals surface area contributed by atoms with Gasteiger partial charge in [-0.05, 0) is 25.3 Å². The zero-order valence-corrected chi connectivity index (χ0v) is 12.4. The molecule has 2 unspecified atom stereocenters. The lowest BCUT2D eigenvalue weighted by Crippen LogP contribution is -2.39. The van der Waals surface area contributed by atoms with E-state index in [-0.39, 0.29) is 5.41 Å². The summed E-state index contributed by atoms with van der Waals surface area (Å²) in [5.41, 5.74) is 0.164. The molecule has 0 spiro atoms. The average Bonchev–Trinajstić information content (AvgIpc) is 2.84. The molecule has 2 rings (SSSR count). The van der Waals surface area contributed by atoms with Gasteiger partial charge in [-0.1, -0.05) is 25.9 Å². The van der Waals surface area contributed by atoms with Gasteiger partial charge in [0.25, 0.3) is 0 Å². The van der Waals surface area contributed by atoms with Crippen molar-refractivity contribution in [1.82, 2.24) is 15.5 Å². The number of rotatable bonds is 4. The average molecular weight is 267 g/mol. The Morgan fingerprint density at radius 1 is 1.42 bits per heavy atom. The van der Waals surface area contributed by atoms with E-state index in [1.807, 2.05) is 7.05 Å². The minimum atomic E-state index is 0.164. The number of likely N-dealkylation sites (N-methyl/N-ethyl adjacent to an activating group) is 1. The van der Waals surface area contributed by atoms with Crippen LogP contribution in [0.2, 0.25) is 0 Å². The fraction of sp³-hybridized carbons (Fsp3) is 0.857.